The lowest BCUT2D eigenvalue weighted by Crippen LogP contribution is -2.27. The Bertz CT molecular complexity index is 734. The average Bonchev–Trinajstić information content (AvgIpc) is 2.63. The van der Waals surface area contributed by atoms with Gasteiger partial charge in [-0.2, -0.15) is 0 Å². The minimum Gasteiger partial charge on any atom is -0.497 e. The molecule has 25 heavy (non-hydrogen) atoms. The fourth-order valence-electron chi connectivity index (χ4n) is 2.27. The van der Waals surface area contributed by atoms with E-state index in [1.54, 1.807) is 51.7 Å². The van der Waals surface area contributed by atoms with E-state index in [1.807, 2.05) is 6.07 Å². The number of anilines is 3. The molecule has 7 nitrogen and oxygen atoms in total. The monoisotopic (exact) mass is 345 g/mol. The Labute approximate surface area is 147 Å². The molecule has 0 bridgehead atoms. The predicted octanol–water partition coefficient (Wildman–Crippen LogP) is 2.41. The van der Waals surface area contributed by atoms with E-state index in [4.69, 9.17) is 19.9 Å². The number of nitrogen functional groups attached to an aromatic ring is 1. The van der Waals surface area contributed by atoms with Crippen molar-refractivity contribution in [3.05, 3.63) is 42.0 Å². The molecule has 4 N–H and O–H groups in total. The number of carbonyl (C=O) groups excluding carboxylic acids is 1. The van der Waals surface area contributed by atoms with Crippen molar-refractivity contribution in [3.8, 4) is 11.5 Å². The molecule has 7 heteroatoms. The van der Waals surface area contributed by atoms with Crippen LogP contribution in [0.25, 0.3) is 0 Å². The number of nitrogens with two attached hydrogens (primary N) is 1. The summed E-state index contributed by atoms with van der Waals surface area (Å²) in [4.78, 5) is 12.4. The maximum Gasteiger partial charge on any atom is 0.253 e. The standard InChI is InChI=1S/C18H23N3O4/c1-23-9-8-20-18(22)14-10-12(19)4-6-15(14)21-16-7-5-13(24-2)11-17(16)25-3/h4-7,10-11,21H,8-9,19H2,1-3H3,(H,20,22). The molecule has 0 unspecified atom stereocenters. The smallest absolute Gasteiger partial charge is 0.253 e. The van der Waals surface area contributed by atoms with E-state index in [-0.39, 0.29) is 5.91 Å². The van der Waals surface area contributed by atoms with Gasteiger partial charge in [0.1, 0.15) is 11.5 Å². The van der Waals surface area contributed by atoms with Crippen molar-refractivity contribution < 1.29 is 19.0 Å². The summed E-state index contributed by atoms with van der Waals surface area (Å²) < 4.78 is 15.5. The molecule has 0 radical (unpaired) electrons. The summed E-state index contributed by atoms with van der Waals surface area (Å²) in [6.07, 6.45) is 0. The van der Waals surface area contributed by atoms with Gasteiger partial charge < -0.3 is 30.6 Å². The summed E-state index contributed by atoms with van der Waals surface area (Å²) in [6, 6.07) is 10.5. The van der Waals surface area contributed by atoms with Crippen molar-refractivity contribution >= 4 is 23.0 Å². The number of benzene rings is 2. The van der Waals surface area contributed by atoms with Crippen molar-refractivity contribution in [3.63, 3.8) is 0 Å². The number of rotatable bonds is 8. The van der Waals surface area contributed by atoms with Crippen molar-refractivity contribution in [2.24, 2.45) is 0 Å². The van der Waals surface area contributed by atoms with Crippen LogP contribution in [0.4, 0.5) is 17.1 Å². The molecule has 0 fully saturated rings. The van der Waals surface area contributed by atoms with Crippen LogP contribution in [0.1, 0.15) is 10.4 Å². The fourth-order valence-corrected chi connectivity index (χ4v) is 2.27. The van der Waals surface area contributed by atoms with E-state index in [2.05, 4.69) is 10.6 Å². The van der Waals surface area contributed by atoms with E-state index < -0.39 is 0 Å². The highest BCUT2D eigenvalue weighted by Crippen LogP contribution is 2.33. The third-order valence-corrected chi connectivity index (χ3v) is 3.56. The van der Waals surface area contributed by atoms with Gasteiger partial charge in [-0.1, -0.05) is 0 Å². The molecule has 2 rings (SSSR count). The third kappa shape index (κ3) is 4.77. The van der Waals surface area contributed by atoms with Crippen molar-refractivity contribution in [2.45, 2.75) is 0 Å². The zero-order valence-corrected chi connectivity index (χ0v) is 14.6. The molecule has 0 aliphatic carbocycles. The topological polar surface area (TPSA) is 94.8 Å². The summed E-state index contributed by atoms with van der Waals surface area (Å²) >= 11 is 0. The molecule has 134 valence electrons. The first kappa shape index (κ1) is 18.4. The van der Waals surface area contributed by atoms with Crippen molar-refractivity contribution in [2.75, 3.05) is 45.5 Å². The number of hydrogen-bond donors (Lipinski definition) is 3. The van der Waals surface area contributed by atoms with E-state index in [0.29, 0.717) is 47.3 Å². The number of nitrogens with one attached hydrogen (secondary N) is 2. The Balaban J connectivity index is 2.29. The normalized spacial score (nSPS) is 10.2. The second-order valence-corrected chi connectivity index (χ2v) is 5.24. The molecule has 0 heterocycles. The molecule has 0 aliphatic heterocycles. The van der Waals surface area contributed by atoms with Gasteiger partial charge in [0.15, 0.2) is 0 Å². The summed E-state index contributed by atoms with van der Waals surface area (Å²) in [7, 11) is 4.74. The van der Waals surface area contributed by atoms with Gasteiger partial charge in [-0.25, -0.2) is 0 Å². The Hall–Kier alpha value is -2.93. The van der Waals surface area contributed by atoms with E-state index in [9.17, 15) is 4.79 Å². The minimum absolute atomic E-state index is 0.237. The van der Waals surface area contributed by atoms with Crippen LogP contribution < -0.4 is 25.8 Å². The van der Waals surface area contributed by atoms with Crippen LogP contribution in [0.3, 0.4) is 0 Å². The number of carbonyl (C=O) groups is 1. The maximum absolute atomic E-state index is 12.4. The lowest BCUT2D eigenvalue weighted by atomic mass is 10.1. The quantitative estimate of drug-likeness (QED) is 0.502. The van der Waals surface area contributed by atoms with Crippen LogP contribution >= 0.6 is 0 Å². The third-order valence-electron chi connectivity index (χ3n) is 3.56. The molecule has 2 aromatic rings. The molecule has 0 spiro atoms. The predicted molar refractivity (Wildman–Crippen MR) is 97.9 cm³/mol. The van der Waals surface area contributed by atoms with Crippen LogP contribution in [-0.4, -0.2) is 40.4 Å². The van der Waals surface area contributed by atoms with E-state index in [1.165, 1.54) is 0 Å². The highest BCUT2D eigenvalue weighted by molar-refractivity contribution is 6.01. The second kappa shape index (κ2) is 8.79. The highest BCUT2D eigenvalue weighted by Gasteiger charge is 2.14. The number of hydrogen-bond acceptors (Lipinski definition) is 6. The minimum atomic E-state index is -0.237. The van der Waals surface area contributed by atoms with E-state index in [0.717, 1.165) is 0 Å². The molecule has 2 aromatic carbocycles. The molecule has 0 aromatic heterocycles. The van der Waals surface area contributed by atoms with Gasteiger partial charge in [-0.15, -0.1) is 0 Å². The Morgan fingerprint density at radius 2 is 1.80 bits per heavy atom. The van der Waals surface area contributed by atoms with E-state index >= 15 is 0 Å². The van der Waals surface area contributed by atoms with Gasteiger partial charge in [-0.05, 0) is 30.3 Å². The maximum atomic E-state index is 12.4. The number of ether oxygens (including phenoxy) is 3. The summed E-state index contributed by atoms with van der Waals surface area (Å²) in [5.41, 5.74) is 8.10. The molecular formula is C18H23N3O4. The molecule has 0 saturated heterocycles. The molecule has 0 saturated carbocycles. The van der Waals surface area contributed by atoms with Crippen LogP contribution in [0, 0.1) is 0 Å². The zero-order valence-electron chi connectivity index (χ0n) is 14.6. The Morgan fingerprint density at radius 1 is 1.04 bits per heavy atom. The first-order chi connectivity index (χ1) is 12.1. The van der Waals surface area contributed by atoms with Gasteiger partial charge in [-0.3, -0.25) is 4.79 Å². The second-order valence-electron chi connectivity index (χ2n) is 5.24. The molecule has 1 amide bonds. The SMILES string of the molecule is COCCNC(=O)c1cc(N)ccc1Nc1ccc(OC)cc1OC. The van der Waals surface area contributed by atoms with Gasteiger partial charge in [0, 0.05) is 25.4 Å². The van der Waals surface area contributed by atoms with Crippen LogP contribution in [-0.2, 0) is 4.74 Å². The van der Waals surface area contributed by atoms with Crippen molar-refractivity contribution in [1.29, 1.82) is 0 Å². The summed E-state index contributed by atoms with van der Waals surface area (Å²) in [5.74, 6) is 1.04. The first-order valence-electron chi connectivity index (χ1n) is 7.74. The van der Waals surface area contributed by atoms with Gasteiger partial charge >= 0.3 is 0 Å². The van der Waals surface area contributed by atoms with Crippen molar-refractivity contribution in [1.82, 2.24) is 5.32 Å². The Kier molecular flexibility index (Phi) is 6.47. The van der Waals surface area contributed by atoms with Gasteiger partial charge in [0.25, 0.3) is 5.91 Å². The molecular weight excluding hydrogens is 322 g/mol. The van der Waals surface area contributed by atoms with Crippen LogP contribution in [0.15, 0.2) is 36.4 Å². The number of amides is 1. The first-order valence-corrected chi connectivity index (χ1v) is 7.74. The zero-order chi connectivity index (χ0) is 18.2. The van der Waals surface area contributed by atoms with Gasteiger partial charge in [0.2, 0.25) is 0 Å². The van der Waals surface area contributed by atoms with Gasteiger partial charge in [0.05, 0.1) is 37.8 Å². The summed E-state index contributed by atoms with van der Waals surface area (Å²) in [5, 5.41) is 6.00. The molecule has 0 atom stereocenters. The van der Waals surface area contributed by atoms with Crippen LogP contribution in [0.2, 0.25) is 0 Å². The summed E-state index contributed by atoms with van der Waals surface area (Å²) in [6.45, 7) is 0.846. The lowest BCUT2D eigenvalue weighted by Gasteiger charge is -2.16. The fraction of sp³-hybridized carbons (Fsp3) is 0.278. The highest BCUT2D eigenvalue weighted by atomic mass is 16.5. The number of methoxy groups -OCH3 is 3. The lowest BCUT2D eigenvalue weighted by molar-refractivity contribution is 0.0938. The average molecular weight is 345 g/mol. The van der Waals surface area contributed by atoms with Crippen LogP contribution in [0.5, 0.6) is 11.5 Å². The Morgan fingerprint density at radius 3 is 2.48 bits per heavy atom. The molecule has 0 aliphatic rings. The largest absolute Gasteiger partial charge is 0.497 e.